The Hall–Kier alpha value is -0.310. The van der Waals surface area contributed by atoms with Crippen molar-refractivity contribution in [3.8, 4) is 16.9 Å². The molecule has 0 heterocycles. The number of phenols is 1. The Labute approximate surface area is 129 Å². The Morgan fingerprint density at radius 3 is 2.11 bits per heavy atom. The van der Waals surface area contributed by atoms with Gasteiger partial charge in [0.25, 0.3) is 0 Å². The Bertz CT molecular complexity index is 598. The molecule has 0 atom stereocenters. The predicted octanol–water partition coefficient (Wildman–Crippen LogP) is 6.33. The molecule has 1 nitrogen and oxygen atoms in total. The van der Waals surface area contributed by atoms with Gasteiger partial charge in [-0.3, -0.25) is 0 Å². The highest BCUT2D eigenvalue weighted by Crippen LogP contribution is 2.46. The normalized spacial score (nSPS) is 10.7. The van der Waals surface area contributed by atoms with E-state index in [0.29, 0.717) is 21.2 Å². The van der Waals surface area contributed by atoms with Crippen LogP contribution in [0.15, 0.2) is 24.3 Å². The summed E-state index contributed by atoms with van der Waals surface area (Å²) in [7, 11) is 0. The molecule has 0 fully saturated rings. The van der Waals surface area contributed by atoms with E-state index in [1.165, 1.54) is 6.07 Å². The summed E-state index contributed by atoms with van der Waals surface area (Å²) in [4.78, 5) is 0. The zero-order valence-corrected chi connectivity index (χ0v) is 12.4. The van der Waals surface area contributed by atoms with Crippen molar-refractivity contribution < 1.29 is 5.11 Å². The maximum atomic E-state index is 9.68. The van der Waals surface area contributed by atoms with Crippen molar-refractivity contribution in [3.05, 3.63) is 49.4 Å². The molecular weight excluding hydrogens is 337 g/mol. The Morgan fingerprint density at radius 1 is 0.778 bits per heavy atom. The molecule has 0 aromatic heterocycles. The fraction of sp³-hybridized carbons (Fsp3) is 0. The number of hydrogen-bond donors (Lipinski definition) is 1. The van der Waals surface area contributed by atoms with Crippen molar-refractivity contribution in [3.63, 3.8) is 0 Å². The van der Waals surface area contributed by atoms with E-state index in [4.69, 9.17) is 58.0 Å². The van der Waals surface area contributed by atoms with Gasteiger partial charge in [-0.05, 0) is 18.2 Å². The smallest absolute Gasteiger partial charge is 0.136 e. The third-order valence-electron chi connectivity index (χ3n) is 2.33. The van der Waals surface area contributed by atoms with Crippen molar-refractivity contribution in [2.45, 2.75) is 0 Å². The SMILES string of the molecule is Oc1cc(Cl)c(Cl)c(-c2cc(Cl)ccc2Cl)c1Cl. The lowest BCUT2D eigenvalue weighted by atomic mass is 10.0. The average molecular weight is 342 g/mol. The van der Waals surface area contributed by atoms with Crippen LogP contribution in [-0.4, -0.2) is 5.11 Å². The van der Waals surface area contributed by atoms with Gasteiger partial charge in [0.2, 0.25) is 0 Å². The van der Waals surface area contributed by atoms with Crippen molar-refractivity contribution in [1.29, 1.82) is 0 Å². The Morgan fingerprint density at radius 2 is 1.44 bits per heavy atom. The Kier molecular flexibility index (Phi) is 4.20. The number of aromatic hydroxyl groups is 1. The van der Waals surface area contributed by atoms with Crippen LogP contribution >= 0.6 is 58.0 Å². The van der Waals surface area contributed by atoms with Crippen LogP contribution in [0.5, 0.6) is 5.75 Å². The van der Waals surface area contributed by atoms with Gasteiger partial charge in [0.05, 0.1) is 15.1 Å². The summed E-state index contributed by atoms with van der Waals surface area (Å²) in [5.41, 5.74) is 0.868. The molecule has 0 radical (unpaired) electrons. The van der Waals surface area contributed by atoms with Gasteiger partial charge in [0.1, 0.15) is 5.75 Å². The lowest BCUT2D eigenvalue weighted by Crippen LogP contribution is -1.86. The van der Waals surface area contributed by atoms with Gasteiger partial charge in [-0.1, -0.05) is 58.0 Å². The van der Waals surface area contributed by atoms with E-state index in [2.05, 4.69) is 0 Å². The van der Waals surface area contributed by atoms with Crippen LogP contribution in [0.3, 0.4) is 0 Å². The van der Waals surface area contributed by atoms with Crippen LogP contribution in [0.1, 0.15) is 0 Å². The zero-order valence-electron chi connectivity index (χ0n) is 8.65. The minimum atomic E-state index is -0.169. The highest BCUT2D eigenvalue weighted by molar-refractivity contribution is 6.47. The number of hydrogen-bond acceptors (Lipinski definition) is 1. The molecule has 18 heavy (non-hydrogen) atoms. The van der Waals surface area contributed by atoms with E-state index in [1.54, 1.807) is 18.2 Å². The second-order valence-corrected chi connectivity index (χ2v) is 5.51. The summed E-state index contributed by atoms with van der Waals surface area (Å²) in [5.74, 6) is -0.169. The lowest BCUT2D eigenvalue weighted by molar-refractivity contribution is 0.476. The molecule has 0 amide bonds. The molecular formula is C12H5Cl5O. The molecule has 0 bridgehead atoms. The number of benzene rings is 2. The van der Waals surface area contributed by atoms with Gasteiger partial charge in [0, 0.05) is 27.2 Å². The van der Waals surface area contributed by atoms with E-state index >= 15 is 0 Å². The molecule has 0 aliphatic heterocycles. The second-order valence-electron chi connectivity index (χ2n) is 3.50. The largest absolute Gasteiger partial charge is 0.506 e. The van der Waals surface area contributed by atoms with Crippen LogP contribution in [0, 0.1) is 0 Å². The first kappa shape index (κ1) is 14.1. The highest BCUT2D eigenvalue weighted by Gasteiger charge is 2.18. The van der Waals surface area contributed by atoms with Crippen molar-refractivity contribution in [2.24, 2.45) is 0 Å². The maximum Gasteiger partial charge on any atom is 0.136 e. The van der Waals surface area contributed by atoms with E-state index in [-0.39, 0.29) is 20.8 Å². The average Bonchev–Trinajstić information content (AvgIpc) is 2.31. The molecule has 0 spiro atoms. The number of halogens is 5. The van der Waals surface area contributed by atoms with Gasteiger partial charge >= 0.3 is 0 Å². The van der Waals surface area contributed by atoms with Crippen molar-refractivity contribution >= 4 is 58.0 Å². The fourth-order valence-electron chi connectivity index (χ4n) is 1.52. The van der Waals surface area contributed by atoms with Gasteiger partial charge < -0.3 is 5.11 Å². The number of rotatable bonds is 1. The fourth-order valence-corrected chi connectivity index (χ4v) is 2.65. The lowest BCUT2D eigenvalue weighted by Gasteiger charge is -2.12. The molecule has 0 aliphatic rings. The van der Waals surface area contributed by atoms with Gasteiger partial charge in [-0.15, -0.1) is 0 Å². The first-order chi connectivity index (χ1) is 8.41. The first-order valence-corrected chi connectivity index (χ1v) is 6.62. The second kappa shape index (κ2) is 5.36. The van der Waals surface area contributed by atoms with Gasteiger partial charge in [-0.25, -0.2) is 0 Å². The molecule has 2 aromatic carbocycles. The minimum absolute atomic E-state index is 0.0774. The van der Waals surface area contributed by atoms with E-state index < -0.39 is 0 Å². The van der Waals surface area contributed by atoms with Crippen molar-refractivity contribution in [2.75, 3.05) is 0 Å². The summed E-state index contributed by atoms with van der Waals surface area (Å²) in [6.07, 6.45) is 0. The molecule has 94 valence electrons. The zero-order chi connectivity index (χ0) is 13.4. The molecule has 2 rings (SSSR count). The molecule has 0 saturated carbocycles. The maximum absolute atomic E-state index is 9.68. The van der Waals surface area contributed by atoms with Crippen molar-refractivity contribution in [1.82, 2.24) is 0 Å². The van der Waals surface area contributed by atoms with Crippen LogP contribution in [-0.2, 0) is 0 Å². The molecule has 0 aliphatic carbocycles. The van der Waals surface area contributed by atoms with Crippen LogP contribution in [0.25, 0.3) is 11.1 Å². The van der Waals surface area contributed by atoms with Gasteiger partial charge in [0.15, 0.2) is 0 Å². The van der Waals surface area contributed by atoms with E-state index in [9.17, 15) is 5.11 Å². The summed E-state index contributed by atoms with van der Waals surface area (Å²) < 4.78 is 0. The van der Waals surface area contributed by atoms with Crippen LogP contribution in [0.4, 0.5) is 0 Å². The van der Waals surface area contributed by atoms with Crippen LogP contribution in [0.2, 0.25) is 25.1 Å². The standard InChI is InChI=1S/C12H5Cl5O/c13-5-1-2-7(14)6(3-5)10-11(16)8(15)4-9(18)12(10)17/h1-4,18H. The molecule has 1 N–H and O–H groups in total. The molecule has 0 saturated heterocycles. The third-order valence-corrected chi connectivity index (χ3v) is 4.07. The molecule has 0 unspecified atom stereocenters. The summed E-state index contributed by atoms with van der Waals surface area (Å²) in [6.45, 7) is 0. The predicted molar refractivity (Wildman–Crippen MR) is 78.6 cm³/mol. The quantitative estimate of drug-likeness (QED) is 0.601. The summed E-state index contributed by atoms with van der Waals surface area (Å²) in [5, 5.41) is 11.0. The highest BCUT2D eigenvalue weighted by atomic mass is 35.5. The number of phenolic OH excluding ortho intramolecular Hbond substituents is 1. The molecule has 6 heteroatoms. The summed E-state index contributed by atoms with van der Waals surface area (Å²) >= 11 is 30.0. The monoisotopic (exact) mass is 340 g/mol. The summed E-state index contributed by atoms with van der Waals surface area (Å²) in [6, 6.07) is 6.13. The van der Waals surface area contributed by atoms with E-state index in [1.807, 2.05) is 0 Å². The Balaban J connectivity index is 2.82. The van der Waals surface area contributed by atoms with E-state index in [0.717, 1.165) is 0 Å². The topological polar surface area (TPSA) is 20.2 Å². The van der Waals surface area contributed by atoms with Crippen LogP contribution < -0.4 is 0 Å². The van der Waals surface area contributed by atoms with Gasteiger partial charge in [-0.2, -0.15) is 0 Å². The minimum Gasteiger partial charge on any atom is -0.506 e. The molecule has 2 aromatic rings. The first-order valence-electron chi connectivity index (χ1n) is 4.73. The third kappa shape index (κ3) is 2.52.